The smallest absolute Gasteiger partial charge is 0.253 e. The van der Waals surface area contributed by atoms with E-state index in [2.05, 4.69) is 46.7 Å². The molecule has 0 radical (unpaired) electrons. The van der Waals surface area contributed by atoms with Gasteiger partial charge in [-0.3, -0.25) is 9.59 Å². The fraction of sp³-hybridized carbons (Fsp3) is 0.697. The summed E-state index contributed by atoms with van der Waals surface area (Å²) in [5, 5.41) is 7.19. The van der Waals surface area contributed by atoms with Crippen molar-refractivity contribution in [1.82, 2.24) is 5.32 Å². The number of ether oxygens (including phenoxy) is 2. The lowest BCUT2D eigenvalue weighted by molar-refractivity contribution is -0.00235. The quantitative estimate of drug-likeness (QED) is 0.200. The number of anilines is 2. The molecule has 1 aliphatic carbocycles. The van der Waals surface area contributed by atoms with Gasteiger partial charge in [-0.05, 0) is 50.1 Å². The SMILES string of the molecule is CCCCNCC(CC1CCCCC1)Nc1c(N2CCCC([C@@H](OCCCOC)c3ccccc3)C2)c(=O)c1=O. The Morgan fingerprint density at radius 1 is 0.975 bits per heavy atom. The fourth-order valence-corrected chi connectivity index (χ4v) is 6.64. The lowest BCUT2D eigenvalue weighted by atomic mass is 9.84. The molecular formula is C33H51N3O4. The Balaban J connectivity index is 1.47. The van der Waals surface area contributed by atoms with Crippen molar-refractivity contribution in [3.63, 3.8) is 0 Å². The maximum absolute atomic E-state index is 13.0. The van der Waals surface area contributed by atoms with E-state index in [1.165, 1.54) is 37.7 Å². The molecule has 7 nitrogen and oxygen atoms in total. The van der Waals surface area contributed by atoms with E-state index in [-0.39, 0.29) is 28.9 Å². The molecule has 0 spiro atoms. The molecule has 0 aromatic heterocycles. The number of benzene rings is 1. The van der Waals surface area contributed by atoms with E-state index in [1.807, 2.05) is 6.07 Å². The van der Waals surface area contributed by atoms with Crippen LogP contribution in [-0.2, 0) is 9.47 Å². The van der Waals surface area contributed by atoms with E-state index in [0.29, 0.717) is 37.1 Å². The molecule has 0 amide bonds. The van der Waals surface area contributed by atoms with Gasteiger partial charge in [0.15, 0.2) is 0 Å². The minimum Gasteiger partial charge on any atom is -0.385 e. The Kier molecular flexibility index (Phi) is 12.5. The van der Waals surface area contributed by atoms with Crippen molar-refractivity contribution in [3.8, 4) is 0 Å². The predicted octanol–water partition coefficient (Wildman–Crippen LogP) is 5.43. The van der Waals surface area contributed by atoms with E-state index in [4.69, 9.17) is 9.47 Å². The van der Waals surface area contributed by atoms with Gasteiger partial charge in [0.1, 0.15) is 11.4 Å². The molecule has 1 saturated carbocycles. The average Bonchev–Trinajstić information content (AvgIpc) is 3.00. The van der Waals surface area contributed by atoms with Gasteiger partial charge in [-0.15, -0.1) is 0 Å². The molecule has 2 aliphatic rings. The molecule has 3 atom stereocenters. The van der Waals surface area contributed by atoms with Gasteiger partial charge in [-0.25, -0.2) is 0 Å². The maximum atomic E-state index is 13.0. The third kappa shape index (κ3) is 8.40. The number of unbranched alkanes of at least 4 members (excludes halogenated alkanes) is 1. The van der Waals surface area contributed by atoms with Gasteiger partial charge in [-0.1, -0.05) is 75.8 Å². The summed E-state index contributed by atoms with van der Waals surface area (Å²) in [6.45, 7) is 6.82. The third-order valence-corrected chi connectivity index (χ3v) is 8.79. The Morgan fingerprint density at radius 3 is 2.52 bits per heavy atom. The Labute approximate surface area is 240 Å². The van der Waals surface area contributed by atoms with Gasteiger partial charge in [0, 0.05) is 51.9 Å². The van der Waals surface area contributed by atoms with Crippen molar-refractivity contribution in [1.29, 1.82) is 0 Å². The minimum atomic E-state index is -0.352. The molecule has 7 heteroatoms. The lowest BCUT2D eigenvalue weighted by Gasteiger charge is -2.39. The van der Waals surface area contributed by atoms with Crippen LogP contribution >= 0.6 is 0 Å². The van der Waals surface area contributed by atoms with Crippen LogP contribution in [0.2, 0.25) is 0 Å². The first kappa shape index (κ1) is 30.7. The van der Waals surface area contributed by atoms with E-state index in [1.54, 1.807) is 7.11 Å². The summed E-state index contributed by atoms with van der Waals surface area (Å²) in [6, 6.07) is 10.6. The molecular weight excluding hydrogens is 502 g/mol. The average molecular weight is 554 g/mol. The topological polar surface area (TPSA) is 79.9 Å². The van der Waals surface area contributed by atoms with Gasteiger partial charge >= 0.3 is 0 Å². The first-order valence-electron chi connectivity index (χ1n) is 15.8. The molecule has 2 aromatic rings. The van der Waals surface area contributed by atoms with Crippen LogP contribution in [0.5, 0.6) is 0 Å². The summed E-state index contributed by atoms with van der Waals surface area (Å²) in [6.07, 6.45) is 12.6. The second kappa shape index (κ2) is 16.3. The second-order valence-corrected chi connectivity index (χ2v) is 11.9. The first-order valence-corrected chi connectivity index (χ1v) is 15.8. The molecule has 1 saturated heterocycles. The normalized spacial score (nSPS) is 20.1. The van der Waals surface area contributed by atoms with E-state index in [0.717, 1.165) is 58.2 Å². The lowest BCUT2D eigenvalue weighted by Crippen LogP contribution is -2.49. The first-order chi connectivity index (χ1) is 19.6. The van der Waals surface area contributed by atoms with Crippen LogP contribution in [0, 0.1) is 11.8 Å². The van der Waals surface area contributed by atoms with Gasteiger partial charge in [0.05, 0.1) is 6.10 Å². The molecule has 4 rings (SSSR count). The summed E-state index contributed by atoms with van der Waals surface area (Å²) in [4.78, 5) is 28.1. The van der Waals surface area contributed by atoms with Gasteiger partial charge in [0.2, 0.25) is 0 Å². The Hall–Kier alpha value is -2.22. The van der Waals surface area contributed by atoms with Crippen molar-refractivity contribution in [3.05, 3.63) is 56.3 Å². The highest BCUT2D eigenvalue weighted by Crippen LogP contribution is 2.36. The van der Waals surface area contributed by atoms with Crippen LogP contribution in [0.3, 0.4) is 0 Å². The van der Waals surface area contributed by atoms with E-state index < -0.39 is 0 Å². The number of hydrogen-bond donors (Lipinski definition) is 2. The van der Waals surface area contributed by atoms with Crippen molar-refractivity contribution in [2.45, 2.75) is 89.7 Å². The zero-order chi connectivity index (χ0) is 28.2. The molecule has 2 aromatic carbocycles. The molecule has 0 bridgehead atoms. The molecule has 1 heterocycles. The van der Waals surface area contributed by atoms with Crippen LogP contribution in [0.25, 0.3) is 0 Å². The summed E-state index contributed by atoms with van der Waals surface area (Å²) in [5.74, 6) is 0.931. The van der Waals surface area contributed by atoms with Gasteiger partial charge in [0.25, 0.3) is 10.9 Å². The van der Waals surface area contributed by atoms with Crippen LogP contribution in [-0.4, -0.2) is 52.5 Å². The number of nitrogens with zero attached hydrogens (tertiary/aromatic N) is 1. The molecule has 222 valence electrons. The number of hydrogen-bond acceptors (Lipinski definition) is 7. The highest BCUT2D eigenvalue weighted by atomic mass is 16.5. The number of rotatable bonds is 17. The molecule has 1 aliphatic heterocycles. The molecule has 2 N–H and O–H groups in total. The van der Waals surface area contributed by atoms with Crippen molar-refractivity contribution < 1.29 is 9.47 Å². The van der Waals surface area contributed by atoms with Crippen molar-refractivity contribution in [2.24, 2.45) is 11.8 Å². The second-order valence-electron chi connectivity index (χ2n) is 11.9. The monoisotopic (exact) mass is 553 g/mol. The molecule has 40 heavy (non-hydrogen) atoms. The third-order valence-electron chi connectivity index (χ3n) is 8.79. The zero-order valence-corrected chi connectivity index (χ0v) is 24.8. The maximum Gasteiger partial charge on any atom is 0.253 e. The largest absolute Gasteiger partial charge is 0.385 e. The van der Waals surface area contributed by atoms with Crippen LogP contribution in [0.1, 0.15) is 89.2 Å². The Morgan fingerprint density at radius 2 is 1.77 bits per heavy atom. The van der Waals surface area contributed by atoms with Crippen LogP contribution in [0.4, 0.5) is 11.4 Å². The number of nitrogens with one attached hydrogen (secondary N) is 2. The number of piperidine rings is 1. The fourth-order valence-electron chi connectivity index (χ4n) is 6.64. The highest BCUT2D eigenvalue weighted by molar-refractivity contribution is 5.75. The molecule has 2 unspecified atom stereocenters. The van der Waals surface area contributed by atoms with E-state index in [9.17, 15) is 9.59 Å². The standard InChI is InChI=1S/C33H51N3O4/c1-3-4-18-34-23-28(22-25-13-7-5-8-14-25)35-29-30(32(38)31(29)37)36-19-11-17-27(24-36)33(40-21-12-20-39-2)26-15-9-6-10-16-26/h6,9-10,15-16,25,27-28,33-35H,3-5,7-8,11-14,17-24H2,1-2H3/t27?,28?,33-/m0/s1. The van der Waals surface area contributed by atoms with Crippen molar-refractivity contribution in [2.75, 3.05) is 56.7 Å². The van der Waals surface area contributed by atoms with Crippen molar-refractivity contribution >= 4 is 11.4 Å². The van der Waals surface area contributed by atoms with Gasteiger partial charge in [-0.2, -0.15) is 0 Å². The summed E-state index contributed by atoms with van der Waals surface area (Å²) in [7, 11) is 1.71. The Bertz CT molecular complexity index is 1060. The van der Waals surface area contributed by atoms with Gasteiger partial charge < -0.3 is 25.0 Å². The molecule has 2 fully saturated rings. The van der Waals surface area contributed by atoms with Crippen LogP contribution in [0.15, 0.2) is 39.9 Å². The predicted molar refractivity (Wildman–Crippen MR) is 164 cm³/mol. The van der Waals surface area contributed by atoms with E-state index >= 15 is 0 Å². The summed E-state index contributed by atoms with van der Waals surface area (Å²) in [5.41, 5.74) is 1.62. The summed E-state index contributed by atoms with van der Waals surface area (Å²) < 4.78 is 11.7. The van der Waals surface area contributed by atoms with Crippen LogP contribution < -0.4 is 26.4 Å². The number of methoxy groups -OCH3 is 1. The zero-order valence-electron chi connectivity index (χ0n) is 24.8. The highest BCUT2D eigenvalue weighted by Gasteiger charge is 2.34. The summed E-state index contributed by atoms with van der Waals surface area (Å²) >= 11 is 0. The minimum absolute atomic E-state index is 0.0504.